The van der Waals surface area contributed by atoms with Crippen molar-refractivity contribution in [2.75, 3.05) is 46.4 Å². The molecule has 0 spiro atoms. The lowest BCUT2D eigenvalue weighted by molar-refractivity contribution is -0.121. The fourth-order valence-electron chi connectivity index (χ4n) is 4.63. The van der Waals surface area contributed by atoms with E-state index in [-0.39, 0.29) is 17.1 Å². The van der Waals surface area contributed by atoms with Crippen molar-refractivity contribution in [1.29, 1.82) is 5.26 Å². The van der Waals surface area contributed by atoms with E-state index in [9.17, 15) is 14.9 Å². The number of aliphatic imine (C=N–C) groups is 2. The molecule has 2 amide bonds. The van der Waals surface area contributed by atoms with Crippen LogP contribution in [0.15, 0.2) is 32.9 Å². The second kappa shape index (κ2) is 9.35. The summed E-state index contributed by atoms with van der Waals surface area (Å²) in [6, 6.07) is 1.33. The van der Waals surface area contributed by atoms with Gasteiger partial charge in [-0.15, -0.1) is 0 Å². The Hall–Kier alpha value is -2.83. The number of nitriles is 1. The van der Waals surface area contributed by atoms with Crippen LogP contribution in [0.5, 0.6) is 0 Å². The van der Waals surface area contributed by atoms with E-state index in [1.165, 1.54) is 19.1 Å². The second-order valence-electron chi connectivity index (χ2n) is 8.92. The van der Waals surface area contributed by atoms with Gasteiger partial charge in [-0.2, -0.15) is 5.26 Å². The molecule has 1 N–H and O–H groups in total. The van der Waals surface area contributed by atoms with E-state index >= 15 is 0 Å². The minimum atomic E-state index is -0.709. The number of nitrogens with one attached hydrogen (secondary N) is 1. The Bertz CT molecular complexity index is 943. The quantitative estimate of drug-likeness (QED) is 0.658. The van der Waals surface area contributed by atoms with Crippen molar-refractivity contribution in [2.24, 2.45) is 9.98 Å². The van der Waals surface area contributed by atoms with Gasteiger partial charge in [-0.1, -0.05) is 0 Å². The molecule has 0 saturated carbocycles. The third kappa shape index (κ3) is 4.52. The summed E-state index contributed by atoms with van der Waals surface area (Å²) in [6.07, 6.45) is 7.18. The number of rotatable bonds is 6. The van der Waals surface area contributed by atoms with E-state index in [1.807, 2.05) is 11.0 Å². The average Bonchev–Trinajstić information content (AvgIpc) is 3.32. The lowest BCUT2D eigenvalue weighted by atomic mass is 9.89. The Kier molecular flexibility index (Phi) is 6.53. The summed E-state index contributed by atoms with van der Waals surface area (Å²) in [6.45, 7) is 6.92. The maximum atomic E-state index is 12.8. The molecule has 0 radical (unpaired) electrons. The summed E-state index contributed by atoms with van der Waals surface area (Å²) < 4.78 is 5.63. The highest BCUT2D eigenvalue weighted by Gasteiger charge is 2.37. The number of nitrogens with zero attached hydrogens (tertiary/aromatic N) is 5. The summed E-state index contributed by atoms with van der Waals surface area (Å²) in [5.74, 6) is -0.748. The molecule has 0 aliphatic carbocycles. The number of piperidine rings is 1. The number of methoxy groups -OCH3 is 1. The lowest BCUT2D eigenvalue weighted by Gasteiger charge is -2.41. The van der Waals surface area contributed by atoms with E-state index < -0.39 is 11.9 Å². The summed E-state index contributed by atoms with van der Waals surface area (Å²) in [5.41, 5.74) is 1.40. The molecule has 2 saturated heterocycles. The Morgan fingerprint density at radius 3 is 2.69 bits per heavy atom. The van der Waals surface area contributed by atoms with E-state index in [2.05, 4.69) is 27.1 Å². The predicted octanol–water partition coefficient (Wildman–Crippen LogP) is 0.838. The van der Waals surface area contributed by atoms with Gasteiger partial charge in [-0.3, -0.25) is 14.6 Å². The molecule has 1 unspecified atom stereocenters. The number of hydrogen-bond acceptors (Lipinski definition) is 7. The number of allylic oxidation sites excluding steroid dienone is 1. The third-order valence-electron chi connectivity index (χ3n) is 6.82. The van der Waals surface area contributed by atoms with Gasteiger partial charge in [0.1, 0.15) is 17.7 Å². The van der Waals surface area contributed by atoms with Gasteiger partial charge in [0.05, 0.1) is 17.0 Å². The van der Waals surface area contributed by atoms with Gasteiger partial charge in [0.2, 0.25) is 5.91 Å². The predicted molar refractivity (Wildman–Crippen MR) is 120 cm³/mol. The number of likely N-dealkylation sites (tertiary alicyclic amines) is 2. The van der Waals surface area contributed by atoms with Crippen molar-refractivity contribution in [3.8, 4) is 6.07 Å². The Balaban J connectivity index is 1.52. The van der Waals surface area contributed by atoms with Gasteiger partial charge in [0.25, 0.3) is 5.91 Å². The van der Waals surface area contributed by atoms with Gasteiger partial charge in [-0.25, -0.2) is 4.99 Å². The zero-order valence-corrected chi connectivity index (χ0v) is 18.8. The van der Waals surface area contributed by atoms with Crippen LogP contribution < -0.4 is 5.32 Å². The molecule has 4 rings (SSSR count). The van der Waals surface area contributed by atoms with Crippen LogP contribution in [0.2, 0.25) is 0 Å². The molecular formula is C23H30N6O3. The molecule has 32 heavy (non-hydrogen) atoms. The number of dihydropyridines is 2. The van der Waals surface area contributed by atoms with Crippen molar-refractivity contribution in [3.05, 3.63) is 22.9 Å². The maximum Gasteiger partial charge on any atom is 0.290 e. The van der Waals surface area contributed by atoms with Crippen molar-refractivity contribution in [3.63, 3.8) is 0 Å². The SMILES string of the molecule is COC1(C)CCN(C2=C(C#N)C(=O)N=C3C=NC(C(=O)NCCN4CCCC4)C=C32)CC1. The normalized spacial score (nSPS) is 25.2. The van der Waals surface area contributed by atoms with Gasteiger partial charge < -0.3 is 19.9 Å². The monoisotopic (exact) mass is 438 g/mol. The fourth-order valence-corrected chi connectivity index (χ4v) is 4.63. The highest BCUT2D eigenvalue weighted by molar-refractivity contribution is 6.44. The molecule has 4 heterocycles. The van der Waals surface area contributed by atoms with Crippen molar-refractivity contribution in [1.82, 2.24) is 15.1 Å². The largest absolute Gasteiger partial charge is 0.378 e. The summed E-state index contributed by atoms with van der Waals surface area (Å²) >= 11 is 0. The van der Waals surface area contributed by atoms with Crippen LogP contribution in [0.3, 0.4) is 0 Å². The molecule has 0 aromatic rings. The van der Waals surface area contributed by atoms with E-state index in [0.717, 1.165) is 32.5 Å². The van der Waals surface area contributed by atoms with Crippen LogP contribution in [0, 0.1) is 11.3 Å². The van der Waals surface area contributed by atoms with Crippen molar-refractivity contribution >= 4 is 23.7 Å². The molecule has 9 nitrogen and oxygen atoms in total. The topological polar surface area (TPSA) is 110 Å². The minimum absolute atomic E-state index is 0.0181. The van der Waals surface area contributed by atoms with Gasteiger partial charge in [-0.05, 0) is 51.8 Å². The number of carbonyl (C=O) groups excluding carboxylic acids is 2. The van der Waals surface area contributed by atoms with Crippen molar-refractivity contribution < 1.29 is 14.3 Å². The first kappa shape index (κ1) is 22.4. The number of carbonyl (C=O) groups is 2. The third-order valence-corrected chi connectivity index (χ3v) is 6.82. The summed E-state index contributed by atoms with van der Waals surface area (Å²) in [4.78, 5) is 38.0. The number of ether oxygens (including phenoxy) is 1. The van der Waals surface area contributed by atoms with Crippen LogP contribution in [0.4, 0.5) is 0 Å². The molecule has 170 valence electrons. The molecule has 0 aromatic carbocycles. The molecular weight excluding hydrogens is 408 g/mol. The smallest absolute Gasteiger partial charge is 0.290 e. The maximum absolute atomic E-state index is 12.8. The molecule has 1 atom stereocenters. The average molecular weight is 439 g/mol. The van der Waals surface area contributed by atoms with E-state index in [1.54, 1.807) is 13.2 Å². The van der Waals surface area contributed by atoms with Crippen LogP contribution in [0.25, 0.3) is 0 Å². The number of fused-ring (bicyclic) bond motifs is 1. The highest BCUT2D eigenvalue weighted by Crippen LogP contribution is 2.33. The zero-order valence-electron chi connectivity index (χ0n) is 18.8. The first-order valence-corrected chi connectivity index (χ1v) is 11.3. The number of amides is 2. The summed E-state index contributed by atoms with van der Waals surface area (Å²) in [7, 11) is 1.71. The van der Waals surface area contributed by atoms with Crippen LogP contribution in [0.1, 0.15) is 32.6 Å². The van der Waals surface area contributed by atoms with Gasteiger partial charge >= 0.3 is 0 Å². The Morgan fingerprint density at radius 1 is 1.31 bits per heavy atom. The van der Waals surface area contributed by atoms with Crippen LogP contribution in [-0.2, 0) is 14.3 Å². The van der Waals surface area contributed by atoms with E-state index in [0.29, 0.717) is 36.6 Å². The van der Waals surface area contributed by atoms with Crippen molar-refractivity contribution in [2.45, 2.75) is 44.2 Å². The van der Waals surface area contributed by atoms with Gasteiger partial charge in [0.15, 0.2) is 0 Å². The molecule has 4 aliphatic heterocycles. The fraction of sp³-hybridized carbons (Fsp3) is 0.609. The summed E-state index contributed by atoms with van der Waals surface area (Å²) in [5, 5.41) is 12.7. The molecule has 4 aliphatic rings. The lowest BCUT2D eigenvalue weighted by Crippen LogP contribution is -2.45. The first-order valence-electron chi connectivity index (χ1n) is 11.3. The molecule has 0 aromatic heterocycles. The minimum Gasteiger partial charge on any atom is -0.378 e. The number of hydrogen-bond donors (Lipinski definition) is 1. The second-order valence-corrected chi connectivity index (χ2v) is 8.92. The standard InChI is InChI=1S/C23H30N6O3/c1-23(32-2)5-10-29(11-6-23)20-16-13-18(22(31)25-7-12-28-8-3-4-9-28)26-15-19(16)27-21(30)17(20)14-24/h13,15,18H,3-12H2,1-2H3,(H,25,31). The Labute approximate surface area is 188 Å². The molecule has 9 heteroatoms. The molecule has 0 bridgehead atoms. The molecule has 2 fully saturated rings. The Morgan fingerprint density at radius 2 is 2.03 bits per heavy atom. The first-order chi connectivity index (χ1) is 15.4. The van der Waals surface area contributed by atoms with Crippen LogP contribution >= 0.6 is 0 Å². The van der Waals surface area contributed by atoms with E-state index in [4.69, 9.17) is 4.74 Å². The van der Waals surface area contributed by atoms with Crippen LogP contribution in [-0.4, -0.2) is 91.6 Å². The highest BCUT2D eigenvalue weighted by atomic mass is 16.5. The zero-order chi connectivity index (χ0) is 22.7. The van der Waals surface area contributed by atoms with Gasteiger partial charge in [0, 0.05) is 45.1 Å².